The molecule has 0 fully saturated rings. The van der Waals surface area contributed by atoms with Crippen LogP contribution in [-0.4, -0.2) is 23.1 Å². The molecule has 148 valence electrons. The molecule has 0 spiro atoms. The van der Waals surface area contributed by atoms with Gasteiger partial charge in [0, 0.05) is 11.1 Å². The van der Waals surface area contributed by atoms with E-state index in [1.54, 1.807) is 6.07 Å². The number of anilines is 1. The summed E-state index contributed by atoms with van der Waals surface area (Å²) in [5.41, 5.74) is 0.101. The fourth-order valence-corrected chi connectivity index (χ4v) is 3.84. The van der Waals surface area contributed by atoms with E-state index in [0.717, 1.165) is 10.8 Å². The van der Waals surface area contributed by atoms with E-state index < -0.39 is 10.8 Å². The molecule has 0 aromatic heterocycles. The highest BCUT2D eigenvalue weighted by atomic mass is 79.9. The van der Waals surface area contributed by atoms with Gasteiger partial charge >= 0.3 is 0 Å². The van der Waals surface area contributed by atoms with E-state index in [2.05, 4.69) is 26.6 Å². The Balaban J connectivity index is 1.87. The molecule has 2 N–H and O–H groups in total. The zero-order valence-corrected chi connectivity index (χ0v) is 18.0. The van der Waals surface area contributed by atoms with Crippen LogP contribution in [0.15, 0.2) is 53.0 Å². The third kappa shape index (κ3) is 4.47. The summed E-state index contributed by atoms with van der Waals surface area (Å²) in [5.74, 6) is -0.177. The topological polar surface area (TPSA) is 93.5 Å². The summed E-state index contributed by atoms with van der Waals surface area (Å²) in [6.45, 7) is 0. The van der Waals surface area contributed by atoms with Crippen molar-refractivity contribution in [2.24, 2.45) is 0 Å². The standard InChI is InChI=1S/C19H13BrClN3O4S/c1-28-17-13(8-10-4-2-3-5-12(10)16(17)20)18(25)23-19(29)22-14-7-6-11(21)9-15(14)24(26)27/h2-9H,1H3,(H2,22,23,25,29). The predicted octanol–water partition coefficient (Wildman–Crippen LogP) is 5.30. The molecule has 1 amide bonds. The first-order valence-electron chi connectivity index (χ1n) is 8.13. The number of carbonyl (C=O) groups excluding carboxylic acids is 1. The predicted molar refractivity (Wildman–Crippen MR) is 120 cm³/mol. The number of nitrogens with zero attached hydrogens (tertiary/aromatic N) is 1. The van der Waals surface area contributed by atoms with Crippen molar-refractivity contribution in [3.05, 3.63) is 73.7 Å². The lowest BCUT2D eigenvalue weighted by molar-refractivity contribution is -0.383. The molecule has 0 bridgehead atoms. The maximum atomic E-state index is 12.8. The van der Waals surface area contributed by atoms with E-state index in [9.17, 15) is 14.9 Å². The van der Waals surface area contributed by atoms with Gasteiger partial charge in [-0.05, 0) is 57.1 Å². The summed E-state index contributed by atoms with van der Waals surface area (Å²) in [7, 11) is 1.46. The van der Waals surface area contributed by atoms with Crippen LogP contribution in [0.4, 0.5) is 11.4 Å². The van der Waals surface area contributed by atoms with Crippen LogP contribution in [0.3, 0.4) is 0 Å². The van der Waals surface area contributed by atoms with E-state index in [1.807, 2.05) is 24.3 Å². The maximum absolute atomic E-state index is 12.8. The fraction of sp³-hybridized carbons (Fsp3) is 0.0526. The van der Waals surface area contributed by atoms with Crippen molar-refractivity contribution in [2.75, 3.05) is 12.4 Å². The van der Waals surface area contributed by atoms with Crippen LogP contribution < -0.4 is 15.4 Å². The Kier molecular flexibility index (Phi) is 6.31. The molecular formula is C19H13BrClN3O4S. The number of hydrogen-bond donors (Lipinski definition) is 2. The number of carbonyl (C=O) groups is 1. The Hall–Kier alpha value is -2.75. The van der Waals surface area contributed by atoms with Crippen LogP contribution in [0, 0.1) is 10.1 Å². The molecule has 29 heavy (non-hydrogen) atoms. The number of nitro benzene ring substituents is 1. The Morgan fingerprint density at radius 3 is 2.66 bits per heavy atom. The first-order chi connectivity index (χ1) is 13.8. The highest BCUT2D eigenvalue weighted by molar-refractivity contribution is 9.10. The number of ether oxygens (including phenoxy) is 1. The Morgan fingerprint density at radius 1 is 1.24 bits per heavy atom. The van der Waals surface area contributed by atoms with Crippen molar-refractivity contribution in [1.82, 2.24) is 5.32 Å². The Bertz CT molecular complexity index is 1160. The second-order valence-corrected chi connectivity index (χ2v) is 7.46. The molecule has 3 rings (SSSR count). The van der Waals surface area contributed by atoms with Crippen molar-refractivity contribution in [1.29, 1.82) is 0 Å². The maximum Gasteiger partial charge on any atom is 0.294 e. The molecule has 0 saturated carbocycles. The molecule has 0 atom stereocenters. The number of methoxy groups -OCH3 is 1. The SMILES string of the molecule is COc1c(C(=O)NC(=S)Nc2ccc(Cl)cc2[N+](=O)[O-])cc2ccccc2c1Br. The molecule has 0 saturated heterocycles. The van der Waals surface area contributed by atoms with E-state index in [1.165, 1.54) is 25.3 Å². The van der Waals surface area contributed by atoms with Crippen molar-refractivity contribution >= 4 is 72.9 Å². The summed E-state index contributed by atoms with van der Waals surface area (Å²) >= 11 is 14.4. The van der Waals surface area contributed by atoms with E-state index >= 15 is 0 Å². The zero-order valence-electron chi connectivity index (χ0n) is 14.9. The highest BCUT2D eigenvalue weighted by Crippen LogP contribution is 2.36. The number of nitrogens with one attached hydrogen (secondary N) is 2. The van der Waals surface area contributed by atoms with Gasteiger partial charge in [-0.25, -0.2) is 0 Å². The molecule has 3 aromatic rings. The lowest BCUT2D eigenvalue weighted by Crippen LogP contribution is -2.34. The second kappa shape index (κ2) is 8.73. The number of fused-ring (bicyclic) bond motifs is 1. The molecule has 0 unspecified atom stereocenters. The van der Waals surface area contributed by atoms with Crippen LogP contribution in [-0.2, 0) is 0 Å². The third-order valence-corrected chi connectivity index (χ3v) is 5.25. The van der Waals surface area contributed by atoms with Gasteiger partial charge in [0.1, 0.15) is 11.4 Å². The Labute approximate surface area is 184 Å². The normalized spacial score (nSPS) is 10.4. The van der Waals surface area contributed by atoms with E-state index in [4.69, 9.17) is 28.6 Å². The van der Waals surface area contributed by atoms with Gasteiger partial charge in [0.05, 0.1) is 22.1 Å². The number of rotatable bonds is 4. The number of nitro groups is 1. The molecule has 3 aromatic carbocycles. The lowest BCUT2D eigenvalue weighted by atomic mass is 10.1. The molecule has 10 heteroatoms. The summed E-state index contributed by atoms with van der Waals surface area (Å²) in [6, 6.07) is 13.3. The van der Waals surface area contributed by atoms with E-state index in [-0.39, 0.29) is 27.1 Å². The van der Waals surface area contributed by atoms with Gasteiger partial charge in [-0.2, -0.15) is 0 Å². The smallest absolute Gasteiger partial charge is 0.294 e. The largest absolute Gasteiger partial charge is 0.495 e. The summed E-state index contributed by atoms with van der Waals surface area (Å²) in [4.78, 5) is 23.4. The summed E-state index contributed by atoms with van der Waals surface area (Å²) in [6.07, 6.45) is 0. The third-order valence-electron chi connectivity index (χ3n) is 4.02. The van der Waals surface area contributed by atoms with Gasteiger partial charge in [-0.1, -0.05) is 35.9 Å². The first kappa shape index (κ1) is 21.0. The lowest BCUT2D eigenvalue weighted by Gasteiger charge is -2.14. The van der Waals surface area contributed by atoms with Gasteiger partial charge in [0.25, 0.3) is 11.6 Å². The molecular weight excluding hydrogens is 482 g/mol. The fourth-order valence-electron chi connectivity index (χ4n) is 2.74. The quantitative estimate of drug-likeness (QED) is 0.290. The summed E-state index contributed by atoms with van der Waals surface area (Å²) < 4.78 is 6.03. The minimum atomic E-state index is -0.595. The number of amides is 1. The minimum absolute atomic E-state index is 0.105. The first-order valence-corrected chi connectivity index (χ1v) is 9.71. The molecule has 0 aliphatic rings. The van der Waals surface area contributed by atoms with Crippen molar-refractivity contribution in [2.45, 2.75) is 0 Å². The Morgan fingerprint density at radius 2 is 1.97 bits per heavy atom. The van der Waals surface area contributed by atoms with Crippen LogP contribution in [0.25, 0.3) is 10.8 Å². The number of halogens is 2. The average Bonchev–Trinajstić information content (AvgIpc) is 2.69. The highest BCUT2D eigenvalue weighted by Gasteiger charge is 2.20. The van der Waals surface area contributed by atoms with Gasteiger partial charge in [0.2, 0.25) is 0 Å². The van der Waals surface area contributed by atoms with E-state index in [0.29, 0.717) is 10.2 Å². The average molecular weight is 495 g/mol. The van der Waals surface area contributed by atoms with Crippen molar-refractivity contribution < 1.29 is 14.5 Å². The monoisotopic (exact) mass is 493 g/mol. The number of thiocarbonyl (C=S) groups is 1. The zero-order chi connectivity index (χ0) is 21.1. The van der Waals surface area contributed by atoms with Crippen LogP contribution in [0.1, 0.15) is 10.4 Å². The minimum Gasteiger partial charge on any atom is -0.495 e. The summed E-state index contributed by atoms with van der Waals surface area (Å²) in [5, 5.41) is 18.2. The molecule has 0 heterocycles. The van der Waals surface area contributed by atoms with Crippen LogP contribution in [0.5, 0.6) is 5.75 Å². The second-order valence-electron chi connectivity index (χ2n) is 5.82. The number of benzene rings is 3. The number of hydrogen-bond acceptors (Lipinski definition) is 5. The van der Waals surface area contributed by atoms with Crippen molar-refractivity contribution in [3.63, 3.8) is 0 Å². The van der Waals surface area contributed by atoms with Gasteiger partial charge in [0.15, 0.2) is 5.11 Å². The van der Waals surface area contributed by atoms with Gasteiger partial charge < -0.3 is 10.1 Å². The molecule has 0 aliphatic carbocycles. The van der Waals surface area contributed by atoms with Crippen LogP contribution in [0.2, 0.25) is 5.02 Å². The van der Waals surface area contributed by atoms with Crippen molar-refractivity contribution in [3.8, 4) is 5.75 Å². The molecule has 7 nitrogen and oxygen atoms in total. The molecule has 0 radical (unpaired) electrons. The van der Waals surface area contributed by atoms with Gasteiger partial charge in [-0.3, -0.25) is 20.2 Å². The van der Waals surface area contributed by atoms with Gasteiger partial charge in [-0.15, -0.1) is 0 Å². The van der Waals surface area contributed by atoms with Crippen LogP contribution >= 0.6 is 39.7 Å². The molecule has 0 aliphatic heterocycles.